The topological polar surface area (TPSA) is 105 Å². The number of hydroxylamine groups is 1. The third-order valence-electron chi connectivity index (χ3n) is 9.59. The molecule has 1 fully saturated rings. The van der Waals surface area contributed by atoms with Crippen molar-refractivity contribution in [3.05, 3.63) is 126 Å². The van der Waals surface area contributed by atoms with Crippen LogP contribution in [0.15, 0.2) is 108 Å². The van der Waals surface area contributed by atoms with Crippen LogP contribution in [0.25, 0.3) is 5.57 Å². The number of ether oxygens (including phenoxy) is 3. The lowest BCUT2D eigenvalue weighted by Crippen LogP contribution is -2.66. The summed E-state index contributed by atoms with van der Waals surface area (Å²) in [6, 6.07) is 29.8. The number of hydrogen-bond acceptors (Lipinski definition) is 9. The van der Waals surface area contributed by atoms with E-state index in [1.165, 1.54) is 20.3 Å². The summed E-state index contributed by atoms with van der Waals surface area (Å²) in [5, 5.41) is 2.00. The Morgan fingerprint density at radius 3 is 2.08 bits per heavy atom. The van der Waals surface area contributed by atoms with Gasteiger partial charge in [-0.25, -0.2) is 4.79 Å². The number of fused-ring (bicyclic) bond motifs is 3. The number of rotatable bonds is 11. The average molecular weight is 682 g/mol. The number of benzene rings is 3. The molecule has 1 aromatic heterocycles. The van der Waals surface area contributed by atoms with Crippen molar-refractivity contribution >= 4 is 36.2 Å². The zero-order valence-electron chi connectivity index (χ0n) is 28.6. The van der Waals surface area contributed by atoms with Gasteiger partial charge >= 0.3 is 11.9 Å². The molecule has 4 aromatic rings. The summed E-state index contributed by atoms with van der Waals surface area (Å²) >= 11 is 0. The number of esters is 2. The Hall–Kier alpha value is -4.32. The van der Waals surface area contributed by atoms with Gasteiger partial charge in [0.2, 0.25) is 0 Å². The molecule has 0 saturated carbocycles. The molecule has 3 aromatic carbocycles. The molecule has 10 heteroatoms. The van der Waals surface area contributed by atoms with Gasteiger partial charge in [-0.15, -0.1) is 0 Å². The quantitative estimate of drug-likeness (QED) is 0.122. The van der Waals surface area contributed by atoms with Crippen molar-refractivity contribution in [1.82, 2.24) is 5.48 Å². The molecule has 2 heterocycles. The van der Waals surface area contributed by atoms with Crippen molar-refractivity contribution in [2.45, 2.75) is 57.6 Å². The minimum atomic E-state index is -2.94. The van der Waals surface area contributed by atoms with Crippen molar-refractivity contribution in [3.8, 4) is 0 Å². The van der Waals surface area contributed by atoms with E-state index in [9.17, 15) is 9.59 Å². The maximum absolute atomic E-state index is 14.0. The van der Waals surface area contributed by atoms with E-state index in [4.69, 9.17) is 27.9 Å². The van der Waals surface area contributed by atoms with Gasteiger partial charge in [0.25, 0.3) is 8.32 Å². The van der Waals surface area contributed by atoms with E-state index in [-0.39, 0.29) is 24.7 Å². The Bertz CT molecular complexity index is 1740. The van der Waals surface area contributed by atoms with Crippen molar-refractivity contribution < 1.29 is 37.5 Å². The highest BCUT2D eigenvalue weighted by atomic mass is 28.4. The zero-order chi connectivity index (χ0) is 34.6. The third kappa shape index (κ3) is 6.31. The van der Waals surface area contributed by atoms with Gasteiger partial charge in [0.1, 0.15) is 23.3 Å². The lowest BCUT2D eigenvalue weighted by atomic mass is 9.72. The summed E-state index contributed by atoms with van der Waals surface area (Å²) in [5.74, 6) is -0.666. The Morgan fingerprint density at radius 1 is 0.898 bits per heavy atom. The number of methoxy groups -OCH3 is 2. The fourth-order valence-corrected chi connectivity index (χ4v) is 11.9. The van der Waals surface area contributed by atoms with Crippen LogP contribution in [-0.4, -0.2) is 47.2 Å². The van der Waals surface area contributed by atoms with E-state index in [0.29, 0.717) is 29.1 Å². The number of carbonyl (C=O) groups is 2. The van der Waals surface area contributed by atoms with Crippen LogP contribution in [0.5, 0.6) is 0 Å². The maximum atomic E-state index is 14.0. The Kier molecular flexibility index (Phi) is 10.1. The van der Waals surface area contributed by atoms with E-state index in [1.54, 1.807) is 6.26 Å². The largest absolute Gasteiger partial charge is 0.468 e. The third-order valence-corrected chi connectivity index (χ3v) is 14.6. The molecule has 49 heavy (non-hydrogen) atoms. The first-order valence-electron chi connectivity index (χ1n) is 16.4. The Labute approximate surface area is 288 Å². The number of nitrogens with one attached hydrogen (secondary N) is 1. The van der Waals surface area contributed by atoms with Gasteiger partial charge in [0.15, 0.2) is 0 Å². The summed E-state index contributed by atoms with van der Waals surface area (Å²) in [4.78, 5) is 33.0. The summed E-state index contributed by atoms with van der Waals surface area (Å²) < 4.78 is 30.0. The molecule has 0 spiro atoms. The molecule has 256 valence electrons. The van der Waals surface area contributed by atoms with E-state index >= 15 is 0 Å². The van der Waals surface area contributed by atoms with Crippen LogP contribution in [0.4, 0.5) is 0 Å². The molecule has 3 atom stereocenters. The molecule has 1 saturated heterocycles. The minimum absolute atomic E-state index is 0.166. The molecule has 0 bridgehead atoms. The fraction of sp³-hybridized carbons (Fsp3) is 0.333. The first kappa shape index (κ1) is 34.5. The SMILES string of the molecule is COC(=O)/C=C1\c2c(CO[Si](c3ccccc3)(c3ccccc3)C(C)(C)C)coc2[C@H]2NO[C@@H](COCc3ccccc3)C[C@@]12C(=O)OC. The van der Waals surface area contributed by atoms with Crippen molar-refractivity contribution in [2.75, 3.05) is 20.8 Å². The van der Waals surface area contributed by atoms with E-state index in [1.807, 2.05) is 66.7 Å². The normalized spacial score (nSPS) is 21.2. The highest BCUT2D eigenvalue weighted by Crippen LogP contribution is 2.60. The van der Waals surface area contributed by atoms with Crippen molar-refractivity contribution in [3.63, 3.8) is 0 Å². The fourth-order valence-electron chi connectivity index (χ4n) is 7.38. The van der Waals surface area contributed by atoms with Gasteiger partial charge in [-0.3, -0.25) is 9.63 Å². The van der Waals surface area contributed by atoms with Crippen molar-refractivity contribution in [1.29, 1.82) is 0 Å². The molecular formula is C39H43NO8Si. The molecule has 0 radical (unpaired) electrons. The first-order valence-corrected chi connectivity index (χ1v) is 18.3. The lowest BCUT2D eigenvalue weighted by Gasteiger charge is -2.43. The van der Waals surface area contributed by atoms with Gasteiger partial charge in [-0.05, 0) is 26.5 Å². The number of hydrogen-bond donors (Lipinski definition) is 1. The van der Waals surface area contributed by atoms with Crippen LogP contribution < -0.4 is 15.9 Å². The second-order valence-electron chi connectivity index (χ2n) is 13.5. The molecule has 6 rings (SSSR count). The predicted octanol–water partition coefficient (Wildman–Crippen LogP) is 5.64. The zero-order valence-corrected chi connectivity index (χ0v) is 29.6. The Morgan fingerprint density at radius 2 is 1.51 bits per heavy atom. The van der Waals surface area contributed by atoms with Gasteiger partial charge in [0, 0.05) is 23.6 Å². The van der Waals surface area contributed by atoms with Gasteiger partial charge in [-0.1, -0.05) is 112 Å². The smallest absolute Gasteiger partial charge is 0.330 e. The highest BCUT2D eigenvalue weighted by Gasteiger charge is 2.62. The maximum Gasteiger partial charge on any atom is 0.330 e. The second-order valence-corrected chi connectivity index (χ2v) is 17.8. The van der Waals surface area contributed by atoms with Crippen LogP contribution in [0.3, 0.4) is 0 Å². The van der Waals surface area contributed by atoms with E-state index < -0.39 is 37.8 Å². The van der Waals surface area contributed by atoms with Crippen LogP contribution in [0.1, 0.15) is 55.7 Å². The molecule has 1 aliphatic heterocycles. The summed E-state index contributed by atoms with van der Waals surface area (Å²) in [6.45, 7) is 7.38. The van der Waals surface area contributed by atoms with Crippen LogP contribution >= 0.6 is 0 Å². The second kappa shape index (κ2) is 14.3. The highest BCUT2D eigenvalue weighted by molar-refractivity contribution is 6.99. The Balaban J connectivity index is 1.38. The summed E-state index contributed by atoms with van der Waals surface area (Å²) in [5.41, 5.74) is 4.49. The monoisotopic (exact) mass is 681 g/mol. The van der Waals surface area contributed by atoms with Crippen LogP contribution in [0, 0.1) is 5.41 Å². The molecule has 9 nitrogen and oxygen atoms in total. The summed E-state index contributed by atoms with van der Waals surface area (Å²) in [7, 11) is -0.291. The lowest BCUT2D eigenvalue weighted by molar-refractivity contribution is -0.178. The van der Waals surface area contributed by atoms with Gasteiger partial charge < -0.3 is 23.1 Å². The molecule has 1 aliphatic carbocycles. The minimum Gasteiger partial charge on any atom is -0.468 e. The number of furan rings is 1. The number of carbonyl (C=O) groups excluding carboxylic acids is 2. The molecular weight excluding hydrogens is 639 g/mol. The van der Waals surface area contributed by atoms with Crippen LogP contribution in [-0.2, 0) is 46.3 Å². The predicted molar refractivity (Wildman–Crippen MR) is 187 cm³/mol. The molecule has 0 amide bonds. The average Bonchev–Trinajstić information content (AvgIpc) is 3.65. The summed E-state index contributed by atoms with van der Waals surface area (Å²) in [6.07, 6.45) is 2.65. The molecule has 0 unspecified atom stereocenters. The van der Waals surface area contributed by atoms with E-state index in [2.05, 4.69) is 50.5 Å². The first-order chi connectivity index (χ1) is 23.7. The van der Waals surface area contributed by atoms with Gasteiger partial charge in [0.05, 0.1) is 40.3 Å². The van der Waals surface area contributed by atoms with Gasteiger partial charge in [-0.2, -0.15) is 5.48 Å². The molecule has 1 N–H and O–H groups in total. The standard InChI is InChI=1S/C39H43NO8Si/c1-38(2,3)49(30-17-11-7-12-18-30,31-19-13-8-14-20-31)47-25-28-24-46-35-34(28)32(21-33(41)43-4)39(37(42)44-5)22-29(48-40-36(35)39)26-45-23-27-15-9-6-10-16-27/h6-21,24,29,36,40H,22-23,25-26H2,1-5H3/b32-21+/t29-,36-,39-/m1/s1. The van der Waals surface area contributed by atoms with Crippen LogP contribution in [0.2, 0.25) is 5.04 Å². The van der Waals surface area contributed by atoms with E-state index in [0.717, 1.165) is 15.9 Å². The van der Waals surface area contributed by atoms with Crippen molar-refractivity contribution in [2.24, 2.45) is 5.41 Å². The molecule has 2 aliphatic rings.